The van der Waals surface area contributed by atoms with E-state index in [1.165, 1.54) is 24.8 Å². The molecule has 1 aliphatic carbocycles. The van der Waals surface area contributed by atoms with Crippen molar-refractivity contribution in [2.45, 2.75) is 44.6 Å². The molecule has 1 heterocycles. The number of nitrogens with zero attached hydrogens (tertiary/aromatic N) is 2. The first-order valence-corrected chi connectivity index (χ1v) is 8.07. The molecule has 2 unspecified atom stereocenters. The average molecular weight is 283 g/mol. The summed E-state index contributed by atoms with van der Waals surface area (Å²) in [6, 6.07) is 9.38. The van der Waals surface area contributed by atoms with Gasteiger partial charge >= 0.3 is 0 Å². The Morgan fingerprint density at radius 3 is 3.00 bits per heavy atom. The Balaban J connectivity index is 1.80. The Morgan fingerprint density at radius 1 is 1.38 bits per heavy atom. The van der Waals surface area contributed by atoms with Crippen LogP contribution in [-0.4, -0.2) is 16.3 Å². The van der Waals surface area contributed by atoms with Crippen molar-refractivity contribution in [2.75, 3.05) is 6.54 Å². The lowest BCUT2D eigenvalue weighted by Gasteiger charge is -2.29. The number of aryl methyl sites for hydroxylation is 2. The SMILES string of the molecule is CCNC(CC1CCCc2ccccc21)c1cnn(C)c1. The summed E-state index contributed by atoms with van der Waals surface area (Å²) in [6.45, 7) is 3.17. The largest absolute Gasteiger partial charge is 0.310 e. The molecule has 0 fully saturated rings. The van der Waals surface area contributed by atoms with Gasteiger partial charge in [0, 0.05) is 24.8 Å². The zero-order chi connectivity index (χ0) is 14.7. The van der Waals surface area contributed by atoms with Crippen LogP contribution in [0.4, 0.5) is 0 Å². The maximum absolute atomic E-state index is 4.33. The van der Waals surface area contributed by atoms with Crippen LogP contribution < -0.4 is 5.32 Å². The molecule has 1 aromatic carbocycles. The van der Waals surface area contributed by atoms with Gasteiger partial charge in [-0.05, 0) is 49.3 Å². The van der Waals surface area contributed by atoms with Crippen LogP contribution in [0, 0.1) is 0 Å². The van der Waals surface area contributed by atoms with Crippen LogP contribution in [0.25, 0.3) is 0 Å². The van der Waals surface area contributed by atoms with E-state index in [1.807, 2.05) is 17.9 Å². The molecule has 1 aromatic heterocycles. The fraction of sp³-hybridized carbons (Fsp3) is 0.500. The van der Waals surface area contributed by atoms with E-state index >= 15 is 0 Å². The van der Waals surface area contributed by atoms with Crippen molar-refractivity contribution >= 4 is 0 Å². The molecule has 21 heavy (non-hydrogen) atoms. The minimum atomic E-state index is 0.403. The Labute approximate surface area is 127 Å². The van der Waals surface area contributed by atoms with Gasteiger partial charge in [0.05, 0.1) is 6.20 Å². The Kier molecular flexibility index (Phi) is 4.39. The van der Waals surface area contributed by atoms with Crippen LogP contribution >= 0.6 is 0 Å². The van der Waals surface area contributed by atoms with Crippen molar-refractivity contribution in [3.63, 3.8) is 0 Å². The second-order valence-corrected chi connectivity index (χ2v) is 6.08. The third-order valence-electron chi connectivity index (χ3n) is 4.59. The molecule has 2 atom stereocenters. The Bertz CT molecular complexity index is 588. The van der Waals surface area contributed by atoms with Gasteiger partial charge in [0.2, 0.25) is 0 Å². The molecule has 0 saturated heterocycles. The van der Waals surface area contributed by atoms with Crippen LogP contribution in [0.3, 0.4) is 0 Å². The summed E-state index contributed by atoms with van der Waals surface area (Å²) in [5.74, 6) is 0.666. The molecule has 3 nitrogen and oxygen atoms in total. The molecule has 112 valence electrons. The summed E-state index contributed by atoms with van der Waals surface area (Å²) >= 11 is 0. The number of fused-ring (bicyclic) bond motifs is 1. The highest BCUT2D eigenvalue weighted by Gasteiger charge is 2.24. The molecule has 3 heteroatoms. The molecular formula is C18H25N3. The van der Waals surface area contributed by atoms with Crippen LogP contribution in [-0.2, 0) is 13.5 Å². The third kappa shape index (κ3) is 3.18. The summed E-state index contributed by atoms with van der Waals surface area (Å²) < 4.78 is 1.90. The fourth-order valence-corrected chi connectivity index (χ4v) is 3.59. The van der Waals surface area contributed by atoms with Crippen LogP contribution in [0.15, 0.2) is 36.7 Å². The molecule has 0 radical (unpaired) electrons. The number of rotatable bonds is 5. The van der Waals surface area contributed by atoms with Gasteiger partial charge in [-0.25, -0.2) is 0 Å². The molecule has 0 bridgehead atoms. The molecule has 1 aliphatic rings. The van der Waals surface area contributed by atoms with Gasteiger partial charge in [-0.3, -0.25) is 4.68 Å². The monoisotopic (exact) mass is 283 g/mol. The first-order chi connectivity index (χ1) is 10.3. The van der Waals surface area contributed by atoms with Gasteiger partial charge in [0.1, 0.15) is 0 Å². The quantitative estimate of drug-likeness (QED) is 0.909. The van der Waals surface area contributed by atoms with Crippen LogP contribution in [0.5, 0.6) is 0 Å². The van der Waals surface area contributed by atoms with Crippen molar-refractivity contribution in [2.24, 2.45) is 7.05 Å². The van der Waals surface area contributed by atoms with Gasteiger partial charge < -0.3 is 5.32 Å². The molecule has 0 aliphatic heterocycles. The van der Waals surface area contributed by atoms with E-state index in [4.69, 9.17) is 0 Å². The highest BCUT2D eigenvalue weighted by atomic mass is 15.2. The highest BCUT2D eigenvalue weighted by Crippen LogP contribution is 2.37. The minimum Gasteiger partial charge on any atom is -0.310 e. The lowest BCUT2D eigenvalue weighted by atomic mass is 9.79. The zero-order valence-electron chi connectivity index (χ0n) is 13.0. The standard InChI is InChI=1S/C18H25N3/c1-3-19-18(16-12-20-21(2)13-16)11-15-9-6-8-14-7-4-5-10-17(14)15/h4-5,7,10,12-13,15,18-19H,3,6,8-9,11H2,1-2H3. The number of hydrogen-bond acceptors (Lipinski definition) is 2. The van der Waals surface area contributed by atoms with Gasteiger partial charge in [-0.15, -0.1) is 0 Å². The molecular weight excluding hydrogens is 258 g/mol. The van der Waals surface area contributed by atoms with E-state index in [2.05, 4.69) is 47.8 Å². The van der Waals surface area contributed by atoms with Crippen molar-refractivity contribution in [3.8, 4) is 0 Å². The third-order valence-corrected chi connectivity index (χ3v) is 4.59. The lowest BCUT2D eigenvalue weighted by Crippen LogP contribution is -2.24. The maximum atomic E-state index is 4.33. The van der Waals surface area contributed by atoms with E-state index in [1.54, 1.807) is 11.1 Å². The number of hydrogen-bond donors (Lipinski definition) is 1. The number of benzene rings is 1. The fourth-order valence-electron chi connectivity index (χ4n) is 3.59. The molecule has 2 aromatic rings. The Morgan fingerprint density at radius 2 is 2.24 bits per heavy atom. The zero-order valence-corrected chi connectivity index (χ0v) is 13.0. The molecule has 3 rings (SSSR count). The first-order valence-electron chi connectivity index (χ1n) is 8.07. The lowest BCUT2D eigenvalue weighted by molar-refractivity contribution is 0.426. The molecule has 0 spiro atoms. The van der Waals surface area contributed by atoms with E-state index in [9.17, 15) is 0 Å². The molecule has 1 N–H and O–H groups in total. The second kappa shape index (κ2) is 6.44. The van der Waals surface area contributed by atoms with Crippen molar-refractivity contribution in [3.05, 3.63) is 53.3 Å². The van der Waals surface area contributed by atoms with Gasteiger partial charge in [-0.1, -0.05) is 31.2 Å². The molecule has 0 saturated carbocycles. The van der Waals surface area contributed by atoms with E-state index in [0.29, 0.717) is 12.0 Å². The smallest absolute Gasteiger partial charge is 0.0537 e. The van der Waals surface area contributed by atoms with E-state index in [0.717, 1.165) is 13.0 Å². The predicted octanol–water partition coefficient (Wildman–Crippen LogP) is 3.58. The number of aromatic nitrogens is 2. The number of nitrogens with one attached hydrogen (secondary N) is 1. The summed E-state index contributed by atoms with van der Waals surface area (Å²) in [7, 11) is 1.99. The van der Waals surface area contributed by atoms with Gasteiger partial charge in [0.15, 0.2) is 0 Å². The highest BCUT2D eigenvalue weighted by molar-refractivity contribution is 5.33. The maximum Gasteiger partial charge on any atom is 0.0537 e. The Hall–Kier alpha value is -1.61. The van der Waals surface area contributed by atoms with Crippen molar-refractivity contribution < 1.29 is 0 Å². The van der Waals surface area contributed by atoms with E-state index in [-0.39, 0.29) is 0 Å². The van der Waals surface area contributed by atoms with Crippen LogP contribution in [0.1, 0.15) is 54.8 Å². The molecule has 0 amide bonds. The first kappa shape index (κ1) is 14.3. The minimum absolute atomic E-state index is 0.403. The summed E-state index contributed by atoms with van der Waals surface area (Å²) in [5, 5.41) is 7.97. The summed E-state index contributed by atoms with van der Waals surface area (Å²) in [6.07, 6.45) is 9.17. The van der Waals surface area contributed by atoms with E-state index < -0.39 is 0 Å². The second-order valence-electron chi connectivity index (χ2n) is 6.08. The van der Waals surface area contributed by atoms with Gasteiger partial charge in [-0.2, -0.15) is 5.10 Å². The average Bonchev–Trinajstić information content (AvgIpc) is 2.94. The topological polar surface area (TPSA) is 29.9 Å². The van der Waals surface area contributed by atoms with Gasteiger partial charge in [0.25, 0.3) is 0 Å². The summed E-state index contributed by atoms with van der Waals surface area (Å²) in [4.78, 5) is 0. The summed E-state index contributed by atoms with van der Waals surface area (Å²) in [5.41, 5.74) is 4.42. The van der Waals surface area contributed by atoms with Crippen molar-refractivity contribution in [1.82, 2.24) is 15.1 Å². The van der Waals surface area contributed by atoms with Crippen LogP contribution in [0.2, 0.25) is 0 Å². The predicted molar refractivity (Wildman–Crippen MR) is 86.4 cm³/mol. The normalized spacial score (nSPS) is 19.2. The van der Waals surface area contributed by atoms with Crippen molar-refractivity contribution in [1.29, 1.82) is 0 Å².